The lowest BCUT2D eigenvalue weighted by atomic mass is 10.1. The second kappa shape index (κ2) is 5.64. The minimum absolute atomic E-state index is 0.0000397. The number of aromatic carboxylic acids is 1. The van der Waals surface area contributed by atoms with Crippen LogP contribution in [-0.2, 0) is 6.42 Å². The molecular weight excluding hydrogens is 266 g/mol. The number of hydrogen-bond acceptors (Lipinski definition) is 3. The Morgan fingerprint density at radius 3 is 2.81 bits per heavy atom. The molecule has 4 heteroatoms. The van der Waals surface area contributed by atoms with Gasteiger partial charge in [0.2, 0.25) is 5.76 Å². The minimum atomic E-state index is -1.02. The van der Waals surface area contributed by atoms with E-state index < -0.39 is 5.97 Å². The van der Waals surface area contributed by atoms with E-state index in [1.165, 1.54) is 23.7 Å². The van der Waals surface area contributed by atoms with E-state index in [4.69, 9.17) is 9.52 Å². The Hall–Kier alpha value is -2.23. The van der Waals surface area contributed by atoms with E-state index in [2.05, 4.69) is 36.1 Å². The minimum Gasteiger partial charge on any atom is -0.475 e. The zero-order valence-electron chi connectivity index (χ0n) is 12.1. The van der Waals surface area contributed by atoms with E-state index in [1.54, 1.807) is 6.07 Å². The van der Waals surface area contributed by atoms with Crippen molar-refractivity contribution < 1.29 is 14.3 Å². The Labute approximate surface area is 124 Å². The zero-order valence-corrected chi connectivity index (χ0v) is 12.1. The van der Waals surface area contributed by atoms with Crippen molar-refractivity contribution in [3.8, 4) is 0 Å². The number of carboxylic acids is 1. The number of benzene rings is 1. The molecule has 0 fully saturated rings. The van der Waals surface area contributed by atoms with Gasteiger partial charge in [0.1, 0.15) is 5.76 Å². The molecule has 1 atom stereocenters. The Bertz CT molecular complexity index is 647. The van der Waals surface area contributed by atoms with E-state index in [9.17, 15) is 4.79 Å². The van der Waals surface area contributed by atoms with Gasteiger partial charge >= 0.3 is 5.97 Å². The number of anilines is 1. The van der Waals surface area contributed by atoms with Crippen LogP contribution in [0.15, 0.2) is 40.8 Å². The summed E-state index contributed by atoms with van der Waals surface area (Å²) in [7, 11) is 0. The van der Waals surface area contributed by atoms with Crippen molar-refractivity contribution in [2.45, 2.75) is 32.2 Å². The van der Waals surface area contributed by atoms with Crippen LogP contribution in [0.1, 0.15) is 47.7 Å². The molecule has 3 rings (SSSR count). The first kappa shape index (κ1) is 13.7. The molecule has 110 valence electrons. The number of hydrogen-bond donors (Lipinski definition) is 1. The van der Waals surface area contributed by atoms with Gasteiger partial charge in [-0.1, -0.05) is 18.2 Å². The van der Waals surface area contributed by atoms with Crippen LogP contribution in [0, 0.1) is 0 Å². The molecule has 0 saturated carbocycles. The van der Waals surface area contributed by atoms with Gasteiger partial charge in [-0.25, -0.2) is 4.79 Å². The number of carbonyl (C=O) groups is 1. The molecule has 1 aromatic carbocycles. The van der Waals surface area contributed by atoms with Gasteiger partial charge in [0, 0.05) is 12.2 Å². The Balaban J connectivity index is 1.93. The summed E-state index contributed by atoms with van der Waals surface area (Å²) in [4.78, 5) is 13.3. The van der Waals surface area contributed by atoms with Crippen LogP contribution in [0.3, 0.4) is 0 Å². The topological polar surface area (TPSA) is 53.7 Å². The second-order valence-corrected chi connectivity index (χ2v) is 5.46. The highest BCUT2D eigenvalue weighted by molar-refractivity contribution is 5.84. The maximum Gasteiger partial charge on any atom is 0.371 e. The molecule has 0 bridgehead atoms. The molecule has 0 radical (unpaired) electrons. The van der Waals surface area contributed by atoms with Gasteiger partial charge in [-0.05, 0) is 49.9 Å². The van der Waals surface area contributed by atoms with Crippen molar-refractivity contribution in [1.82, 2.24) is 0 Å². The fourth-order valence-corrected chi connectivity index (χ4v) is 2.97. The number of fused-ring (bicyclic) bond motifs is 1. The lowest BCUT2D eigenvalue weighted by molar-refractivity contribution is 0.0659. The molecular formula is C17H19NO3. The molecule has 0 spiro atoms. The predicted octanol–water partition coefficient (Wildman–Crippen LogP) is 3.88. The molecule has 21 heavy (non-hydrogen) atoms. The average molecular weight is 285 g/mol. The number of aryl methyl sites for hydroxylation is 1. The molecule has 2 aromatic rings. The Morgan fingerprint density at radius 1 is 1.24 bits per heavy atom. The maximum absolute atomic E-state index is 11.0. The number of nitrogens with zero attached hydrogens (tertiary/aromatic N) is 1. The van der Waals surface area contributed by atoms with Crippen LogP contribution in [0.5, 0.6) is 0 Å². The van der Waals surface area contributed by atoms with Gasteiger partial charge in [-0.3, -0.25) is 0 Å². The van der Waals surface area contributed by atoms with Gasteiger partial charge in [0.15, 0.2) is 0 Å². The number of furan rings is 1. The maximum atomic E-state index is 11.0. The first-order valence-corrected chi connectivity index (χ1v) is 7.34. The van der Waals surface area contributed by atoms with Crippen molar-refractivity contribution >= 4 is 11.7 Å². The van der Waals surface area contributed by atoms with Crippen LogP contribution >= 0.6 is 0 Å². The van der Waals surface area contributed by atoms with Crippen LogP contribution < -0.4 is 4.90 Å². The van der Waals surface area contributed by atoms with E-state index in [-0.39, 0.29) is 11.8 Å². The summed E-state index contributed by atoms with van der Waals surface area (Å²) in [5, 5.41) is 8.99. The smallest absolute Gasteiger partial charge is 0.371 e. The van der Waals surface area contributed by atoms with Gasteiger partial charge in [0.05, 0.1) is 6.04 Å². The highest BCUT2D eigenvalue weighted by atomic mass is 16.4. The standard InChI is InChI=1S/C17H19NO3/c1-12(15-9-10-16(21-15)17(19)20)18-11-5-4-7-13-6-2-3-8-14(13)18/h2-3,6,8-10,12H,4-5,7,11H2,1H3,(H,19,20). The zero-order chi connectivity index (χ0) is 14.8. The second-order valence-electron chi connectivity index (χ2n) is 5.46. The van der Waals surface area contributed by atoms with Gasteiger partial charge < -0.3 is 14.4 Å². The third-order valence-electron chi connectivity index (χ3n) is 4.11. The predicted molar refractivity (Wildman–Crippen MR) is 80.8 cm³/mol. The van der Waals surface area contributed by atoms with Gasteiger partial charge in [0.25, 0.3) is 0 Å². The summed E-state index contributed by atoms with van der Waals surface area (Å²) in [6.45, 7) is 3.02. The van der Waals surface area contributed by atoms with Crippen molar-refractivity contribution in [3.05, 3.63) is 53.5 Å². The van der Waals surface area contributed by atoms with Crippen molar-refractivity contribution in [3.63, 3.8) is 0 Å². The van der Waals surface area contributed by atoms with Crippen LogP contribution in [0.25, 0.3) is 0 Å². The highest BCUT2D eigenvalue weighted by Gasteiger charge is 2.23. The summed E-state index contributed by atoms with van der Waals surface area (Å²) in [6, 6.07) is 11.7. The van der Waals surface area contributed by atoms with Crippen LogP contribution in [-0.4, -0.2) is 17.6 Å². The fourth-order valence-electron chi connectivity index (χ4n) is 2.97. The third-order valence-corrected chi connectivity index (χ3v) is 4.11. The van der Waals surface area contributed by atoms with E-state index in [1.807, 2.05) is 0 Å². The van der Waals surface area contributed by atoms with Gasteiger partial charge in [-0.15, -0.1) is 0 Å². The number of carboxylic acid groups (broad SMARTS) is 1. The molecule has 2 heterocycles. The molecule has 1 unspecified atom stereocenters. The molecule has 0 saturated heterocycles. The van der Waals surface area contributed by atoms with Crippen molar-refractivity contribution in [2.24, 2.45) is 0 Å². The summed E-state index contributed by atoms with van der Waals surface area (Å²) >= 11 is 0. The number of rotatable bonds is 3. The lowest BCUT2D eigenvalue weighted by Gasteiger charge is -2.30. The largest absolute Gasteiger partial charge is 0.475 e. The average Bonchev–Trinajstić information content (AvgIpc) is 2.88. The normalized spacial score (nSPS) is 16.1. The molecule has 0 amide bonds. The van der Waals surface area contributed by atoms with Crippen LogP contribution in [0.4, 0.5) is 5.69 Å². The monoisotopic (exact) mass is 285 g/mol. The Kier molecular flexibility index (Phi) is 3.69. The molecule has 1 aliphatic heterocycles. The summed E-state index contributed by atoms with van der Waals surface area (Å²) in [5.74, 6) is -0.325. The molecule has 1 aliphatic rings. The lowest BCUT2D eigenvalue weighted by Crippen LogP contribution is -2.27. The van der Waals surface area contributed by atoms with E-state index in [0.29, 0.717) is 5.76 Å². The molecule has 1 N–H and O–H groups in total. The third kappa shape index (κ3) is 2.66. The molecule has 4 nitrogen and oxygen atoms in total. The first-order chi connectivity index (χ1) is 10.2. The summed E-state index contributed by atoms with van der Waals surface area (Å²) in [6.07, 6.45) is 3.40. The quantitative estimate of drug-likeness (QED) is 0.929. The van der Waals surface area contributed by atoms with Gasteiger partial charge in [-0.2, -0.15) is 0 Å². The van der Waals surface area contributed by atoms with Crippen molar-refractivity contribution in [1.29, 1.82) is 0 Å². The molecule has 1 aromatic heterocycles. The van der Waals surface area contributed by atoms with E-state index in [0.717, 1.165) is 19.4 Å². The van der Waals surface area contributed by atoms with Crippen LogP contribution in [0.2, 0.25) is 0 Å². The SMILES string of the molecule is CC(c1ccc(C(=O)O)o1)N1CCCCc2ccccc21. The fraction of sp³-hybridized carbons (Fsp3) is 0.353. The highest BCUT2D eigenvalue weighted by Crippen LogP contribution is 2.33. The first-order valence-electron chi connectivity index (χ1n) is 7.34. The summed E-state index contributed by atoms with van der Waals surface area (Å²) < 4.78 is 5.47. The van der Waals surface area contributed by atoms with Crippen molar-refractivity contribution in [2.75, 3.05) is 11.4 Å². The number of para-hydroxylation sites is 1. The summed E-state index contributed by atoms with van der Waals surface area (Å²) in [5.41, 5.74) is 2.59. The van der Waals surface area contributed by atoms with E-state index >= 15 is 0 Å². The molecule has 0 aliphatic carbocycles. The Morgan fingerprint density at radius 2 is 2.05 bits per heavy atom.